The highest BCUT2D eigenvalue weighted by atomic mass is 32.7. The number of carbonyl (C=O) groups excluding carboxylic acids is 1. The molecule has 0 spiro atoms. The number of nitrogen functional groups attached to an aromatic ring is 1. The second kappa shape index (κ2) is 11.9. The minimum absolute atomic E-state index is 0.0411. The van der Waals surface area contributed by atoms with Gasteiger partial charge in [-0.3, -0.25) is 18.4 Å². The normalized spacial score (nSPS) is 34.5. The van der Waals surface area contributed by atoms with E-state index >= 15 is 8.78 Å². The first kappa shape index (κ1) is 31.0. The maximum Gasteiger partial charge on any atom is 0.698 e. The molecule has 3 aliphatic heterocycles. The molecule has 242 valence electrons. The van der Waals surface area contributed by atoms with E-state index in [-0.39, 0.29) is 44.4 Å². The zero-order valence-electron chi connectivity index (χ0n) is 23.0. The monoisotopic (exact) mass is 700 g/mol. The molecule has 0 saturated carbocycles. The molecule has 18 nitrogen and oxygen atoms in total. The van der Waals surface area contributed by atoms with Crippen LogP contribution >= 0.6 is 25.8 Å². The Balaban J connectivity index is 1.20. The number of aromatic nitrogens is 7. The van der Waals surface area contributed by atoms with E-state index in [4.69, 9.17) is 44.7 Å². The lowest BCUT2D eigenvalue weighted by Crippen LogP contribution is -2.33. The summed E-state index contributed by atoms with van der Waals surface area (Å²) in [5, 5.41) is 7.94. The fourth-order valence-electron chi connectivity index (χ4n) is 5.39. The molecule has 0 radical (unpaired) electrons. The van der Waals surface area contributed by atoms with Crippen molar-refractivity contribution < 1.29 is 50.3 Å². The number of anilines is 1. The first-order valence-corrected chi connectivity index (χ1v) is 17.4. The molecule has 1 aromatic carbocycles. The molecule has 3 saturated heterocycles. The Hall–Kier alpha value is -3.61. The zero-order valence-corrected chi connectivity index (χ0v) is 25.6. The lowest BCUT2D eigenvalue weighted by molar-refractivity contribution is -0.0598. The van der Waals surface area contributed by atoms with Gasteiger partial charge in [0, 0.05) is 4.57 Å². The lowest BCUT2D eigenvalue weighted by atomic mass is 10.1. The van der Waals surface area contributed by atoms with Gasteiger partial charge in [-0.2, -0.15) is 0 Å². The molecule has 2 unspecified atom stereocenters. The van der Waals surface area contributed by atoms with Gasteiger partial charge in [-0.25, -0.2) is 33.0 Å². The summed E-state index contributed by atoms with van der Waals surface area (Å²) in [4.78, 5) is 23.9. The summed E-state index contributed by atoms with van der Waals surface area (Å²) in [6.07, 6.45) is -10.8. The van der Waals surface area contributed by atoms with E-state index in [2.05, 4.69) is 25.3 Å². The predicted molar refractivity (Wildman–Crippen MR) is 153 cm³/mol. The Morgan fingerprint density at radius 1 is 1.09 bits per heavy atom. The van der Waals surface area contributed by atoms with E-state index in [0.29, 0.717) is 0 Å². The van der Waals surface area contributed by atoms with Crippen LogP contribution in [-0.4, -0.2) is 90.4 Å². The molecule has 1 amide bonds. The molecule has 3 aromatic heterocycles. The van der Waals surface area contributed by atoms with E-state index in [1.54, 1.807) is 0 Å². The van der Waals surface area contributed by atoms with Gasteiger partial charge in [-0.1, -0.05) is 17.0 Å². The van der Waals surface area contributed by atoms with Gasteiger partial charge in [0.15, 0.2) is 42.4 Å². The van der Waals surface area contributed by atoms with E-state index in [0.717, 1.165) is 11.0 Å². The van der Waals surface area contributed by atoms with Crippen molar-refractivity contribution in [3.8, 4) is 5.69 Å². The molecule has 23 heteroatoms. The van der Waals surface area contributed by atoms with E-state index < -0.39 is 83.4 Å². The summed E-state index contributed by atoms with van der Waals surface area (Å²) in [7, 11) is -2.97. The molecule has 46 heavy (non-hydrogen) atoms. The van der Waals surface area contributed by atoms with Crippen molar-refractivity contribution in [2.75, 3.05) is 18.9 Å². The minimum Gasteiger partial charge on any atom is -0.382 e. The van der Waals surface area contributed by atoms with Crippen LogP contribution in [0.25, 0.3) is 22.2 Å². The molecular formula is C23H22F2N9O9P2S+. The fraction of sp³-hybridized carbons (Fsp3) is 0.435. The van der Waals surface area contributed by atoms with Crippen molar-refractivity contribution in [2.45, 2.75) is 49.2 Å². The molecule has 6 heterocycles. The Kier molecular flexibility index (Phi) is 8.01. The third-order valence-electron chi connectivity index (χ3n) is 7.53. The number of nitrogens with two attached hydrogens (primary N) is 2. The van der Waals surface area contributed by atoms with Crippen LogP contribution in [0.5, 0.6) is 0 Å². The molecule has 10 atom stereocenters. The maximum atomic E-state index is 16.0. The van der Waals surface area contributed by atoms with Gasteiger partial charge < -0.3 is 20.9 Å². The summed E-state index contributed by atoms with van der Waals surface area (Å²) in [6.45, 7) is -5.80. The standard InChI is InChI=1S/C23H21F2N9O9P2S/c1-46-45(37)39-6-11-13(24)18(23(40-11)34-10-4-2-3-9(20(27)35)15(10)31-32-34)42-44(36)38-5-12-17(43-45)14(25)22(41-12)33-8-30-16-19(26)28-7-29-21(16)33/h1-4,7-8,11-14,17-18,22-23H,5-6H2,(H3-,26,27,28,29,35)/p+1/t11-,12?,13-,14-,17-,18-,22-,23-,45-/m1/s1. The second-order valence-electron chi connectivity index (χ2n) is 10.2. The van der Waals surface area contributed by atoms with Gasteiger partial charge in [-0.05, 0) is 22.9 Å². The quantitative estimate of drug-likeness (QED) is 0.292. The van der Waals surface area contributed by atoms with Crippen molar-refractivity contribution in [3.63, 3.8) is 0 Å². The molecule has 3 aliphatic rings. The molecule has 3 fully saturated rings. The Labute approximate surface area is 260 Å². The summed E-state index contributed by atoms with van der Waals surface area (Å²) < 4.78 is 94.4. The summed E-state index contributed by atoms with van der Waals surface area (Å²) in [5.41, 5.74) is 17.6. The van der Waals surface area contributed by atoms with Crippen molar-refractivity contribution in [1.29, 1.82) is 0 Å². The van der Waals surface area contributed by atoms with Gasteiger partial charge >= 0.3 is 15.1 Å². The zero-order chi connectivity index (χ0) is 32.3. The summed E-state index contributed by atoms with van der Waals surface area (Å²) >= 11 is 0. The van der Waals surface area contributed by atoms with Crippen LogP contribution < -0.4 is 11.5 Å². The summed E-state index contributed by atoms with van der Waals surface area (Å²) in [5.74, 6) is -0.739. The number of fused-ring (bicyclic) bond motifs is 5. The van der Waals surface area contributed by atoms with Gasteiger partial charge in [0.25, 0.3) is 5.91 Å². The number of benzene rings is 1. The van der Waals surface area contributed by atoms with Crippen LogP contribution in [0.3, 0.4) is 0 Å². The first-order chi connectivity index (χ1) is 22.1. The number of amides is 1. The Bertz CT molecular complexity index is 1960. The number of carbonyl (C=O) groups is 1. The van der Waals surface area contributed by atoms with Gasteiger partial charge in [-0.15, -0.1) is 14.1 Å². The van der Waals surface area contributed by atoms with E-state index in [1.807, 2.05) is 0 Å². The highest BCUT2D eigenvalue weighted by Crippen LogP contribution is 2.59. The van der Waals surface area contributed by atoms with Crippen LogP contribution in [0.1, 0.15) is 22.8 Å². The van der Waals surface area contributed by atoms with Crippen molar-refractivity contribution >= 4 is 59.8 Å². The van der Waals surface area contributed by atoms with Gasteiger partial charge in [0.05, 0.1) is 24.0 Å². The average molecular weight is 700 g/mol. The second-order valence-corrected chi connectivity index (χ2v) is 14.6. The number of nitrogens with zero attached hydrogens (tertiary/aromatic N) is 7. The van der Waals surface area contributed by atoms with E-state index in [1.165, 1.54) is 29.1 Å². The number of hydrogen-bond acceptors (Lipinski definition) is 15. The van der Waals surface area contributed by atoms with Crippen LogP contribution in [0, 0.1) is 5.69 Å². The SMILES string of the molecule is C#S[P@]1(=O)OC[C@H]2O[C@@H](n3nnc4c(C(N)=O)cccc43)[C@H](O[P+](=O)OCC3O[C@@H](n4cnc5c(N)ncnc54)[C@H](F)[C@@H]3O1)[C@@H]2F. The number of imidazole rings is 1. The number of hydrogen-bond donors (Lipinski definition) is 2. The van der Waals surface area contributed by atoms with E-state index in [9.17, 15) is 13.9 Å². The number of primary amides is 1. The first-order valence-electron chi connectivity index (χ1n) is 13.3. The van der Waals surface area contributed by atoms with Crippen LogP contribution in [0.4, 0.5) is 14.6 Å². The third-order valence-corrected chi connectivity index (χ3v) is 10.9. The number of alkyl halides is 2. The van der Waals surface area contributed by atoms with Crippen LogP contribution in [-0.2, 0) is 36.7 Å². The largest absolute Gasteiger partial charge is 0.698 e. The van der Waals surface area contributed by atoms with Gasteiger partial charge in [0.1, 0.15) is 42.3 Å². The molecule has 2 bridgehead atoms. The predicted octanol–water partition coefficient (Wildman–Crippen LogP) is 2.33. The maximum absolute atomic E-state index is 16.0. The van der Waals surface area contributed by atoms with Crippen molar-refractivity contribution in [2.24, 2.45) is 5.73 Å². The molecular weight excluding hydrogens is 678 g/mol. The molecule has 0 aliphatic carbocycles. The van der Waals surface area contributed by atoms with Crippen LogP contribution in [0.2, 0.25) is 0 Å². The third kappa shape index (κ3) is 5.24. The summed E-state index contributed by atoms with van der Waals surface area (Å²) in [6, 6.07) is 4.45. The lowest BCUT2D eigenvalue weighted by Gasteiger charge is -2.23. The molecule has 4 aromatic rings. The smallest absolute Gasteiger partial charge is 0.382 e. The highest BCUT2D eigenvalue weighted by molar-refractivity contribution is 8.48. The number of rotatable bonds is 3. The molecule has 4 N–H and O–H groups in total. The minimum atomic E-state index is -4.44. The highest BCUT2D eigenvalue weighted by Gasteiger charge is 2.56. The average Bonchev–Trinajstić information content (AvgIpc) is 3.80. The van der Waals surface area contributed by atoms with Crippen LogP contribution in [0.15, 0.2) is 30.9 Å². The van der Waals surface area contributed by atoms with Gasteiger partial charge in [0.2, 0.25) is 0 Å². The Morgan fingerprint density at radius 3 is 2.67 bits per heavy atom. The molecule has 7 rings (SSSR count). The topological polar surface area (TPSA) is 233 Å². The van der Waals surface area contributed by atoms with Crippen molar-refractivity contribution in [1.82, 2.24) is 34.5 Å². The van der Waals surface area contributed by atoms with Crippen molar-refractivity contribution in [3.05, 3.63) is 36.4 Å². The number of halogens is 2. The number of ether oxygens (including phenoxy) is 2. The fourth-order valence-corrected chi connectivity index (χ4v) is 8.00. The Morgan fingerprint density at radius 2 is 1.89 bits per heavy atom.